The second kappa shape index (κ2) is 3.34. The number of hydrogen-bond acceptors (Lipinski definition) is 4. The SMILES string of the molecule is CN1CC=C(O[N+](=O)[O-])CC1. The van der Waals surface area contributed by atoms with E-state index in [-0.39, 0.29) is 0 Å². The summed E-state index contributed by atoms with van der Waals surface area (Å²) >= 11 is 0. The van der Waals surface area contributed by atoms with Crippen LogP contribution in [-0.4, -0.2) is 30.1 Å². The molecule has 0 aromatic heterocycles. The van der Waals surface area contributed by atoms with Crippen LogP contribution in [0.5, 0.6) is 0 Å². The molecule has 0 aromatic rings. The number of hydrogen-bond donors (Lipinski definition) is 0. The lowest BCUT2D eigenvalue weighted by Crippen LogP contribution is -2.25. The topological polar surface area (TPSA) is 55.6 Å². The van der Waals surface area contributed by atoms with Gasteiger partial charge in [-0.25, -0.2) is 0 Å². The molecular weight excluding hydrogens is 148 g/mol. The maximum atomic E-state index is 9.88. The van der Waals surface area contributed by atoms with E-state index in [0.717, 1.165) is 13.1 Å². The molecule has 1 aliphatic heterocycles. The summed E-state index contributed by atoms with van der Waals surface area (Å²) in [6.07, 6.45) is 2.35. The molecule has 0 saturated heterocycles. The van der Waals surface area contributed by atoms with Crippen molar-refractivity contribution in [3.8, 4) is 0 Å². The van der Waals surface area contributed by atoms with Gasteiger partial charge in [-0.15, -0.1) is 10.1 Å². The van der Waals surface area contributed by atoms with Crippen LogP contribution in [0.15, 0.2) is 11.8 Å². The van der Waals surface area contributed by atoms with E-state index in [1.54, 1.807) is 6.08 Å². The summed E-state index contributed by atoms with van der Waals surface area (Å²) in [5, 5.41) is 9.11. The Kier molecular flexibility index (Phi) is 2.43. The van der Waals surface area contributed by atoms with Crippen molar-refractivity contribution in [3.05, 3.63) is 21.9 Å². The van der Waals surface area contributed by atoms with E-state index in [9.17, 15) is 10.1 Å². The van der Waals surface area contributed by atoms with Gasteiger partial charge in [0, 0.05) is 19.5 Å². The zero-order valence-corrected chi connectivity index (χ0v) is 6.32. The molecule has 5 heteroatoms. The van der Waals surface area contributed by atoms with Crippen LogP contribution in [0.4, 0.5) is 0 Å². The first-order valence-electron chi connectivity index (χ1n) is 3.38. The lowest BCUT2D eigenvalue weighted by atomic mass is 10.2. The summed E-state index contributed by atoms with van der Waals surface area (Å²) in [5.74, 6) is 0.466. The molecule has 0 saturated carbocycles. The highest BCUT2D eigenvalue weighted by molar-refractivity contribution is 4.98. The fraction of sp³-hybridized carbons (Fsp3) is 0.667. The Balaban J connectivity index is 2.41. The minimum Gasteiger partial charge on any atom is -0.302 e. The molecule has 0 aromatic carbocycles. The quantitative estimate of drug-likeness (QED) is 0.431. The van der Waals surface area contributed by atoms with Crippen molar-refractivity contribution in [3.63, 3.8) is 0 Å². The molecule has 0 radical (unpaired) electrons. The predicted molar refractivity (Wildman–Crippen MR) is 38.3 cm³/mol. The largest absolute Gasteiger partial charge is 0.302 e. The van der Waals surface area contributed by atoms with E-state index < -0.39 is 5.09 Å². The molecule has 11 heavy (non-hydrogen) atoms. The highest BCUT2D eigenvalue weighted by atomic mass is 17.0. The van der Waals surface area contributed by atoms with Gasteiger partial charge in [0.2, 0.25) is 0 Å². The average Bonchev–Trinajstić information content (AvgIpc) is 1.93. The Morgan fingerprint density at radius 3 is 3.00 bits per heavy atom. The van der Waals surface area contributed by atoms with Crippen molar-refractivity contribution < 1.29 is 9.92 Å². The maximum absolute atomic E-state index is 9.88. The van der Waals surface area contributed by atoms with Gasteiger partial charge in [0.25, 0.3) is 5.09 Å². The number of nitrogens with zero attached hydrogens (tertiary/aromatic N) is 2. The van der Waals surface area contributed by atoms with E-state index in [1.165, 1.54) is 0 Å². The molecule has 0 aliphatic carbocycles. The van der Waals surface area contributed by atoms with Gasteiger partial charge in [-0.1, -0.05) is 0 Å². The monoisotopic (exact) mass is 158 g/mol. The Morgan fingerprint density at radius 2 is 2.55 bits per heavy atom. The molecule has 5 nitrogen and oxygen atoms in total. The van der Waals surface area contributed by atoms with Gasteiger partial charge in [0.1, 0.15) is 5.76 Å². The zero-order chi connectivity index (χ0) is 8.27. The zero-order valence-electron chi connectivity index (χ0n) is 6.32. The first-order valence-corrected chi connectivity index (χ1v) is 3.38. The Labute approximate surface area is 64.3 Å². The van der Waals surface area contributed by atoms with E-state index in [2.05, 4.69) is 9.74 Å². The molecular formula is C6H10N2O3. The Hall–Kier alpha value is -1.10. The number of likely N-dealkylation sites (N-methyl/N-ethyl adjacent to an activating group) is 1. The van der Waals surface area contributed by atoms with Crippen LogP contribution in [0.1, 0.15) is 6.42 Å². The molecule has 0 bridgehead atoms. The van der Waals surface area contributed by atoms with Crippen molar-refractivity contribution in [2.45, 2.75) is 6.42 Å². The van der Waals surface area contributed by atoms with Crippen LogP contribution in [-0.2, 0) is 4.84 Å². The second-order valence-electron chi connectivity index (χ2n) is 2.50. The van der Waals surface area contributed by atoms with Gasteiger partial charge in [-0.05, 0) is 13.1 Å². The van der Waals surface area contributed by atoms with Crippen LogP contribution in [0.2, 0.25) is 0 Å². The molecule has 0 N–H and O–H groups in total. The van der Waals surface area contributed by atoms with Gasteiger partial charge in [0.05, 0.1) is 0 Å². The molecule has 0 fully saturated rings. The van der Waals surface area contributed by atoms with E-state index in [4.69, 9.17) is 0 Å². The summed E-state index contributed by atoms with van der Waals surface area (Å²) in [4.78, 5) is 16.2. The molecule has 0 atom stereocenters. The van der Waals surface area contributed by atoms with Crippen molar-refractivity contribution in [1.29, 1.82) is 0 Å². The number of rotatable bonds is 2. The average molecular weight is 158 g/mol. The fourth-order valence-corrected chi connectivity index (χ4v) is 0.931. The van der Waals surface area contributed by atoms with Crippen molar-refractivity contribution in [1.82, 2.24) is 4.90 Å². The molecule has 62 valence electrons. The normalized spacial score (nSPS) is 19.2. The van der Waals surface area contributed by atoms with Gasteiger partial charge in [-0.3, -0.25) is 4.84 Å². The van der Waals surface area contributed by atoms with Crippen LogP contribution >= 0.6 is 0 Å². The highest BCUT2D eigenvalue weighted by Gasteiger charge is 2.10. The predicted octanol–water partition coefficient (Wildman–Crippen LogP) is 0.414. The first kappa shape index (κ1) is 8.00. The smallest absolute Gasteiger partial charge is 0.299 e. The van der Waals surface area contributed by atoms with Crippen molar-refractivity contribution in [2.24, 2.45) is 0 Å². The van der Waals surface area contributed by atoms with Gasteiger partial charge in [-0.2, -0.15) is 0 Å². The summed E-state index contributed by atoms with van der Waals surface area (Å²) in [7, 11) is 1.96. The van der Waals surface area contributed by atoms with Gasteiger partial charge < -0.3 is 4.90 Å². The van der Waals surface area contributed by atoms with Crippen LogP contribution < -0.4 is 0 Å². The molecule has 1 aliphatic rings. The van der Waals surface area contributed by atoms with Gasteiger partial charge in [0.15, 0.2) is 0 Å². The van der Waals surface area contributed by atoms with Gasteiger partial charge >= 0.3 is 0 Å². The minimum atomic E-state index is -0.767. The van der Waals surface area contributed by atoms with E-state index >= 15 is 0 Å². The minimum absolute atomic E-state index is 0.466. The second-order valence-corrected chi connectivity index (χ2v) is 2.50. The maximum Gasteiger partial charge on any atom is 0.299 e. The third-order valence-electron chi connectivity index (χ3n) is 1.56. The van der Waals surface area contributed by atoms with Crippen LogP contribution in [0, 0.1) is 10.1 Å². The molecule has 1 rings (SSSR count). The van der Waals surface area contributed by atoms with E-state index in [0.29, 0.717) is 12.2 Å². The summed E-state index contributed by atoms with van der Waals surface area (Å²) in [6.45, 7) is 1.54. The van der Waals surface area contributed by atoms with Crippen LogP contribution in [0.3, 0.4) is 0 Å². The highest BCUT2D eigenvalue weighted by Crippen LogP contribution is 2.09. The molecule has 0 amide bonds. The van der Waals surface area contributed by atoms with E-state index in [1.807, 2.05) is 7.05 Å². The Bertz CT molecular complexity index is 190. The van der Waals surface area contributed by atoms with Crippen molar-refractivity contribution >= 4 is 0 Å². The standard InChI is InChI=1S/C6H10N2O3/c1-7-4-2-6(3-5-7)11-8(9)10/h2H,3-5H2,1H3. The third kappa shape index (κ3) is 2.55. The molecule has 0 spiro atoms. The summed E-state index contributed by atoms with van der Waals surface area (Å²) in [5.41, 5.74) is 0. The first-order chi connectivity index (χ1) is 5.18. The lowest BCUT2D eigenvalue weighted by Gasteiger charge is -2.19. The summed E-state index contributed by atoms with van der Waals surface area (Å²) < 4.78 is 0. The van der Waals surface area contributed by atoms with Crippen LogP contribution in [0.25, 0.3) is 0 Å². The van der Waals surface area contributed by atoms with Crippen molar-refractivity contribution in [2.75, 3.05) is 20.1 Å². The fourth-order valence-electron chi connectivity index (χ4n) is 0.931. The molecule has 0 unspecified atom stereocenters. The summed E-state index contributed by atoms with van der Waals surface area (Å²) in [6, 6.07) is 0. The lowest BCUT2D eigenvalue weighted by molar-refractivity contribution is -0.743. The third-order valence-corrected chi connectivity index (χ3v) is 1.56. The Morgan fingerprint density at radius 1 is 1.82 bits per heavy atom. The molecule has 1 heterocycles.